The molecular weight excluding hydrogens is 202 g/mol. The van der Waals surface area contributed by atoms with Gasteiger partial charge in [-0.2, -0.15) is 0 Å². The zero-order valence-corrected chi connectivity index (χ0v) is 11.0. The van der Waals surface area contributed by atoms with Gasteiger partial charge in [-0.3, -0.25) is 4.79 Å². The highest BCUT2D eigenvalue weighted by molar-refractivity contribution is 5.81. The van der Waals surface area contributed by atoms with Crippen molar-refractivity contribution in [2.75, 3.05) is 0 Å². The summed E-state index contributed by atoms with van der Waals surface area (Å²) in [4.78, 5) is 12.2. The summed E-state index contributed by atoms with van der Waals surface area (Å²) < 4.78 is 5.45. The molecule has 1 aliphatic carbocycles. The Morgan fingerprint density at radius 3 is 2.56 bits per heavy atom. The van der Waals surface area contributed by atoms with Gasteiger partial charge in [-0.15, -0.1) is 0 Å². The third kappa shape index (κ3) is 2.97. The van der Waals surface area contributed by atoms with Crippen LogP contribution in [0.5, 0.6) is 0 Å². The minimum atomic E-state index is -0.750. The molecule has 3 heteroatoms. The fourth-order valence-corrected chi connectivity index (χ4v) is 2.48. The van der Waals surface area contributed by atoms with Crippen molar-refractivity contribution in [1.82, 2.24) is 0 Å². The van der Waals surface area contributed by atoms with Crippen LogP contribution in [-0.4, -0.2) is 17.1 Å². The van der Waals surface area contributed by atoms with Crippen molar-refractivity contribution < 1.29 is 9.53 Å². The number of nitrogens with two attached hydrogens (primary N) is 1. The van der Waals surface area contributed by atoms with Crippen LogP contribution in [0.2, 0.25) is 0 Å². The first kappa shape index (κ1) is 13.5. The van der Waals surface area contributed by atoms with E-state index in [4.69, 9.17) is 10.5 Å². The molecule has 1 saturated carbocycles. The van der Waals surface area contributed by atoms with Crippen LogP contribution in [-0.2, 0) is 9.53 Å². The third-order valence-electron chi connectivity index (χ3n) is 3.39. The molecule has 0 aromatic rings. The van der Waals surface area contributed by atoms with E-state index in [0.717, 1.165) is 25.7 Å². The monoisotopic (exact) mass is 227 g/mol. The van der Waals surface area contributed by atoms with Gasteiger partial charge in [-0.05, 0) is 39.5 Å². The van der Waals surface area contributed by atoms with Gasteiger partial charge < -0.3 is 10.5 Å². The zero-order valence-electron chi connectivity index (χ0n) is 11.0. The second-order valence-electron chi connectivity index (χ2n) is 5.89. The van der Waals surface area contributed by atoms with E-state index < -0.39 is 11.1 Å². The molecule has 0 aliphatic heterocycles. The van der Waals surface area contributed by atoms with Gasteiger partial charge in [0.1, 0.15) is 11.1 Å². The van der Waals surface area contributed by atoms with Crippen molar-refractivity contribution in [2.45, 2.75) is 70.9 Å². The minimum Gasteiger partial charge on any atom is -0.459 e. The predicted octanol–water partition coefficient (Wildman–Crippen LogP) is 2.63. The van der Waals surface area contributed by atoms with Gasteiger partial charge in [-0.1, -0.05) is 26.2 Å². The van der Waals surface area contributed by atoms with Gasteiger partial charge in [0.15, 0.2) is 0 Å². The van der Waals surface area contributed by atoms with Crippen molar-refractivity contribution in [3.63, 3.8) is 0 Å². The molecule has 94 valence electrons. The Hall–Kier alpha value is -0.570. The van der Waals surface area contributed by atoms with E-state index in [0.29, 0.717) is 0 Å². The number of ether oxygens (including phenoxy) is 1. The van der Waals surface area contributed by atoms with Crippen molar-refractivity contribution >= 4 is 5.97 Å². The van der Waals surface area contributed by atoms with Crippen LogP contribution in [0.3, 0.4) is 0 Å². The highest BCUT2D eigenvalue weighted by Crippen LogP contribution is 2.35. The van der Waals surface area contributed by atoms with E-state index in [1.807, 2.05) is 20.8 Å². The SMILES string of the molecule is CC[C@H]1CCCC[C@]1(N)C(=O)OC(C)(C)C. The molecule has 3 nitrogen and oxygen atoms in total. The first-order chi connectivity index (χ1) is 7.29. The molecule has 1 rings (SSSR count). The summed E-state index contributed by atoms with van der Waals surface area (Å²) >= 11 is 0. The second-order valence-corrected chi connectivity index (χ2v) is 5.89. The molecule has 0 amide bonds. The average molecular weight is 227 g/mol. The number of hydrogen-bond donors (Lipinski definition) is 1. The van der Waals surface area contributed by atoms with Crippen LogP contribution < -0.4 is 5.73 Å². The minimum absolute atomic E-state index is 0.216. The van der Waals surface area contributed by atoms with Gasteiger partial charge >= 0.3 is 5.97 Å². The maximum absolute atomic E-state index is 12.2. The first-order valence-corrected chi connectivity index (χ1v) is 6.32. The summed E-state index contributed by atoms with van der Waals surface area (Å²) in [7, 11) is 0. The highest BCUT2D eigenvalue weighted by atomic mass is 16.6. The Kier molecular flexibility index (Phi) is 4.00. The summed E-state index contributed by atoms with van der Waals surface area (Å²) in [6, 6.07) is 0. The van der Waals surface area contributed by atoms with Crippen LogP contribution in [0.25, 0.3) is 0 Å². The molecule has 0 spiro atoms. The van der Waals surface area contributed by atoms with Crippen molar-refractivity contribution in [1.29, 1.82) is 0 Å². The molecule has 16 heavy (non-hydrogen) atoms. The normalized spacial score (nSPS) is 31.2. The van der Waals surface area contributed by atoms with Crippen LogP contribution in [0.1, 0.15) is 59.8 Å². The Balaban J connectivity index is 2.77. The van der Waals surface area contributed by atoms with E-state index in [9.17, 15) is 4.79 Å². The molecule has 0 aromatic carbocycles. The van der Waals surface area contributed by atoms with Gasteiger partial charge in [0.2, 0.25) is 0 Å². The molecule has 0 bridgehead atoms. The largest absolute Gasteiger partial charge is 0.459 e. The van der Waals surface area contributed by atoms with E-state index in [-0.39, 0.29) is 11.9 Å². The number of rotatable bonds is 2. The Morgan fingerprint density at radius 2 is 2.06 bits per heavy atom. The van der Waals surface area contributed by atoms with Crippen molar-refractivity contribution in [3.8, 4) is 0 Å². The Bertz CT molecular complexity index is 257. The topological polar surface area (TPSA) is 52.3 Å². The predicted molar refractivity (Wildman–Crippen MR) is 65.0 cm³/mol. The smallest absolute Gasteiger partial charge is 0.326 e. The zero-order chi connectivity index (χ0) is 12.4. The quantitative estimate of drug-likeness (QED) is 0.738. The van der Waals surface area contributed by atoms with Crippen molar-refractivity contribution in [2.24, 2.45) is 11.7 Å². The molecular formula is C13H25NO2. The summed E-state index contributed by atoms with van der Waals surface area (Å²) in [6.07, 6.45) is 4.98. The van der Waals surface area contributed by atoms with E-state index in [2.05, 4.69) is 6.92 Å². The van der Waals surface area contributed by atoms with Crippen LogP contribution in [0.4, 0.5) is 0 Å². The lowest BCUT2D eigenvalue weighted by Gasteiger charge is -2.40. The first-order valence-electron chi connectivity index (χ1n) is 6.32. The molecule has 0 aromatic heterocycles. The van der Waals surface area contributed by atoms with Gasteiger partial charge in [0.05, 0.1) is 0 Å². The molecule has 0 radical (unpaired) electrons. The lowest BCUT2D eigenvalue weighted by molar-refractivity contribution is -0.165. The summed E-state index contributed by atoms with van der Waals surface area (Å²) in [5, 5.41) is 0. The number of hydrogen-bond acceptors (Lipinski definition) is 3. The number of carbonyl (C=O) groups is 1. The lowest BCUT2D eigenvalue weighted by Crippen LogP contribution is -2.57. The molecule has 0 saturated heterocycles. The summed E-state index contributed by atoms with van der Waals surface area (Å²) in [5.41, 5.74) is 5.10. The number of carbonyl (C=O) groups excluding carboxylic acids is 1. The van der Waals surface area contributed by atoms with E-state index in [1.165, 1.54) is 6.42 Å². The maximum Gasteiger partial charge on any atom is 0.326 e. The second kappa shape index (κ2) is 4.74. The fraction of sp³-hybridized carbons (Fsp3) is 0.923. The Morgan fingerprint density at radius 1 is 1.44 bits per heavy atom. The standard InChI is InChI=1S/C13H25NO2/c1-5-10-8-6-7-9-13(10,14)11(15)16-12(2,3)4/h10H,5-9,14H2,1-4H3/t10-,13+/m0/s1. The molecule has 2 atom stereocenters. The van der Waals surface area contributed by atoms with Gasteiger partial charge in [-0.25, -0.2) is 0 Å². The third-order valence-corrected chi connectivity index (χ3v) is 3.39. The van der Waals surface area contributed by atoms with Crippen LogP contribution in [0, 0.1) is 5.92 Å². The van der Waals surface area contributed by atoms with Crippen LogP contribution >= 0.6 is 0 Å². The molecule has 1 fully saturated rings. The van der Waals surface area contributed by atoms with E-state index in [1.54, 1.807) is 0 Å². The van der Waals surface area contributed by atoms with Gasteiger partial charge in [0.25, 0.3) is 0 Å². The summed E-state index contributed by atoms with van der Waals surface area (Å²) in [5.74, 6) is 0.0580. The molecule has 1 aliphatic rings. The Labute approximate surface area is 98.7 Å². The fourth-order valence-electron chi connectivity index (χ4n) is 2.48. The molecule has 0 heterocycles. The highest BCUT2D eigenvalue weighted by Gasteiger charge is 2.45. The number of esters is 1. The lowest BCUT2D eigenvalue weighted by atomic mass is 9.72. The average Bonchev–Trinajstić information content (AvgIpc) is 2.16. The van der Waals surface area contributed by atoms with Crippen molar-refractivity contribution in [3.05, 3.63) is 0 Å². The maximum atomic E-state index is 12.2. The van der Waals surface area contributed by atoms with Crippen LogP contribution in [0.15, 0.2) is 0 Å². The van der Waals surface area contributed by atoms with Gasteiger partial charge in [0, 0.05) is 0 Å². The molecule has 0 unspecified atom stereocenters. The van der Waals surface area contributed by atoms with E-state index >= 15 is 0 Å². The molecule has 2 N–H and O–H groups in total. The summed E-state index contributed by atoms with van der Waals surface area (Å²) in [6.45, 7) is 7.76.